The molecule has 2 rings (SSSR count). The number of aliphatic hydroxyl groups excluding tert-OH is 1. The van der Waals surface area contributed by atoms with E-state index < -0.39 is 0 Å². The van der Waals surface area contributed by atoms with Crippen molar-refractivity contribution in [1.82, 2.24) is 5.32 Å². The number of para-hydroxylation sites is 1. The van der Waals surface area contributed by atoms with Crippen molar-refractivity contribution in [1.29, 1.82) is 0 Å². The van der Waals surface area contributed by atoms with Gasteiger partial charge in [-0.15, -0.1) is 0 Å². The van der Waals surface area contributed by atoms with Crippen LogP contribution in [-0.2, 0) is 13.2 Å². The van der Waals surface area contributed by atoms with Crippen molar-refractivity contribution in [2.45, 2.75) is 26.2 Å². The van der Waals surface area contributed by atoms with Gasteiger partial charge in [-0.25, -0.2) is 0 Å². The van der Waals surface area contributed by atoms with Gasteiger partial charge >= 0.3 is 0 Å². The van der Waals surface area contributed by atoms with E-state index in [4.69, 9.17) is 9.47 Å². The molecule has 0 aliphatic heterocycles. The fourth-order valence-corrected chi connectivity index (χ4v) is 2.17. The lowest BCUT2D eigenvalue weighted by Gasteiger charge is -2.16. The van der Waals surface area contributed by atoms with Crippen molar-refractivity contribution in [3.05, 3.63) is 59.7 Å². The van der Waals surface area contributed by atoms with Gasteiger partial charge in [0.2, 0.25) is 0 Å². The lowest BCUT2D eigenvalue weighted by atomic mass is 10.1. The summed E-state index contributed by atoms with van der Waals surface area (Å²) >= 11 is 0. The summed E-state index contributed by atoms with van der Waals surface area (Å²) in [7, 11) is 1.64. The summed E-state index contributed by atoms with van der Waals surface area (Å²) in [4.78, 5) is 0. The highest BCUT2D eigenvalue weighted by Crippen LogP contribution is 2.31. The summed E-state index contributed by atoms with van der Waals surface area (Å²) in [5.41, 5.74) is 2.12. The summed E-state index contributed by atoms with van der Waals surface area (Å²) in [6.07, 6.45) is -0.376. The Balaban J connectivity index is 2.09. The molecule has 0 saturated heterocycles. The molecule has 0 aliphatic rings. The average Bonchev–Trinajstić information content (AvgIpc) is 2.54. The highest BCUT2D eigenvalue weighted by Gasteiger charge is 2.11. The lowest BCUT2D eigenvalue weighted by molar-refractivity contribution is 0.190. The van der Waals surface area contributed by atoms with Gasteiger partial charge in [-0.05, 0) is 18.6 Å². The van der Waals surface area contributed by atoms with Crippen LogP contribution in [0.2, 0.25) is 0 Å². The zero-order chi connectivity index (χ0) is 15.8. The van der Waals surface area contributed by atoms with Gasteiger partial charge in [0.1, 0.15) is 6.61 Å². The largest absolute Gasteiger partial charge is 0.493 e. The third-order valence-corrected chi connectivity index (χ3v) is 3.26. The van der Waals surface area contributed by atoms with Crippen LogP contribution in [0.3, 0.4) is 0 Å². The number of rotatable bonds is 8. The van der Waals surface area contributed by atoms with Crippen LogP contribution in [0.4, 0.5) is 0 Å². The van der Waals surface area contributed by atoms with E-state index in [9.17, 15) is 5.11 Å². The quantitative estimate of drug-likeness (QED) is 0.787. The highest BCUT2D eigenvalue weighted by atomic mass is 16.5. The van der Waals surface area contributed by atoms with Gasteiger partial charge in [0.15, 0.2) is 11.5 Å². The maximum atomic E-state index is 9.33. The second-order valence-corrected chi connectivity index (χ2v) is 5.20. The molecular formula is C18H23NO3. The molecule has 0 spiro atoms. The van der Waals surface area contributed by atoms with E-state index in [0.717, 1.165) is 16.9 Å². The summed E-state index contributed by atoms with van der Waals surface area (Å²) in [6.45, 7) is 3.40. The van der Waals surface area contributed by atoms with Gasteiger partial charge in [-0.1, -0.05) is 42.5 Å². The molecule has 0 saturated carbocycles. The molecule has 0 bridgehead atoms. The Bertz CT molecular complexity index is 570. The third kappa shape index (κ3) is 4.76. The van der Waals surface area contributed by atoms with Crippen LogP contribution in [0.5, 0.6) is 11.5 Å². The zero-order valence-electron chi connectivity index (χ0n) is 13.1. The number of aliphatic hydroxyl groups is 1. The molecule has 0 fully saturated rings. The summed E-state index contributed by atoms with van der Waals surface area (Å²) < 4.78 is 11.4. The molecule has 0 radical (unpaired) electrons. The molecule has 0 amide bonds. The molecule has 0 heterocycles. The van der Waals surface area contributed by atoms with E-state index in [2.05, 4.69) is 5.32 Å². The standard InChI is InChI=1S/C18H23NO3/c1-14(20)11-19-12-16-9-6-10-17(21-2)18(16)22-13-15-7-4-3-5-8-15/h3-10,14,19-20H,11-13H2,1-2H3. The van der Waals surface area contributed by atoms with Gasteiger partial charge in [-0.3, -0.25) is 0 Å². The van der Waals surface area contributed by atoms with E-state index in [1.807, 2.05) is 48.5 Å². The van der Waals surface area contributed by atoms with Gasteiger partial charge in [0.25, 0.3) is 0 Å². The smallest absolute Gasteiger partial charge is 0.166 e. The monoisotopic (exact) mass is 301 g/mol. The minimum atomic E-state index is -0.376. The van der Waals surface area contributed by atoms with Crippen LogP contribution in [0, 0.1) is 0 Å². The predicted octanol–water partition coefficient (Wildman–Crippen LogP) is 2.74. The topological polar surface area (TPSA) is 50.7 Å². The van der Waals surface area contributed by atoms with Crippen LogP contribution in [0.1, 0.15) is 18.1 Å². The van der Waals surface area contributed by atoms with Crippen molar-refractivity contribution in [2.24, 2.45) is 0 Å². The molecule has 4 heteroatoms. The van der Waals surface area contributed by atoms with E-state index >= 15 is 0 Å². The van der Waals surface area contributed by atoms with Crippen molar-refractivity contribution in [3.8, 4) is 11.5 Å². The number of ether oxygens (including phenoxy) is 2. The van der Waals surface area contributed by atoms with Crippen molar-refractivity contribution < 1.29 is 14.6 Å². The first-order valence-electron chi connectivity index (χ1n) is 7.42. The average molecular weight is 301 g/mol. The molecule has 2 N–H and O–H groups in total. The van der Waals surface area contributed by atoms with Gasteiger partial charge < -0.3 is 19.9 Å². The van der Waals surface area contributed by atoms with Gasteiger partial charge in [0.05, 0.1) is 13.2 Å². The highest BCUT2D eigenvalue weighted by molar-refractivity contribution is 5.46. The fraction of sp³-hybridized carbons (Fsp3) is 0.333. The molecule has 22 heavy (non-hydrogen) atoms. The van der Waals surface area contributed by atoms with Crippen LogP contribution in [0.25, 0.3) is 0 Å². The van der Waals surface area contributed by atoms with Crippen molar-refractivity contribution >= 4 is 0 Å². The summed E-state index contributed by atoms with van der Waals surface area (Å²) in [6, 6.07) is 15.8. The first-order valence-corrected chi connectivity index (χ1v) is 7.42. The Hall–Kier alpha value is -2.04. The predicted molar refractivity (Wildman–Crippen MR) is 87.2 cm³/mol. The lowest BCUT2D eigenvalue weighted by Crippen LogP contribution is -2.24. The fourth-order valence-electron chi connectivity index (χ4n) is 2.17. The first kappa shape index (κ1) is 16.3. The van der Waals surface area contributed by atoms with E-state index in [1.165, 1.54) is 0 Å². The van der Waals surface area contributed by atoms with E-state index in [1.54, 1.807) is 14.0 Å². The molecule has 0 aromatic heterocycles. The van der Waals surface area contributed by atoms with E-state index in [-0.39, 0.29) is 6.10 Å². The molecule has 4 nitrogen and oxygen atoms in total. The molecule has 2 aromatic rings. The Morgan fingerprint density at radius 1 is 1.09 bits per heavy atom. The molecular weight excluding hydrogens is 278 g/mol. The molecule has 1 unspecified atom stereocenters. The minimum Gasteiger partial charge on any atom is -0.493 e. The van der Waals surface area contributed by atoms with Gasteiger partial charge in [-0.2, -0.15) is 0 Å². The molecule has 0 aliphatic carbocycles. The van der Waals surface area contributed by atoms with E-state index in [0.29, 0.717) is 25.4 Å². The first-order chi connectivity index (χ1) is 10.7. The summed E-state index contributed by atoms with van der Waals surface area (Å²) in [5, 5.41) is 12.5. The minimum absolute atomic E-state index is 0.376. The van der Waals surface area contributed by atoms with Crippen LogP contribution < -0.4 is 14.8 Å². The second kappa shape index (κ2) is 8.41. The van der Waals surface area contributed by atoms with Crippen molar-refractivity contribution in [2.75, 3.05) is 13.7 Å². The maximum absolute atomic E-state index is 9.33. The number of nitrogens with one attached hydrogen (secondary N) is 1. The Labute approximate surface area is 131 Å². The van der Waals surface area contributed by atoms with Gasteiger partial charge in [0, 0.05) is 18.7 Å². The number of benzene rings is 2. The second-order valence-electron chi connectivity index (χ2n) is 5.20. The number of hydrogen-bond acceptors (Lipinski definition) is 4. The maximum Gasteiger partial charge on any atom is 0.166 e. The number of methoxy groups -OCH3 is 1. The summed E-state index contributed by atoms with van der Waals surface area (Å²) in [5.74, 6) is 1.46. The molecule has 2 aromatic carbocycles. The van der Waals surface area contributed by atoms with Crippen LogP contribution in [0.15, 0.2) is 48.5 Å². The molecule has 1 atom stereocenters. The Kier molecular flexibility index (Phi) is 6.25. The Morgan fingerprint density at radius 2 is 1.86 bits per heavy atom. The SMILES string of the molecule is COc1cccc(CNCC(C)O)c1OCc1ccccc1. The number of hydrogen-bond donors (Lipinski definition) is 2. The molecule has 118 valence electrons. The van der Waals surface area contributed by atoms with Crippen LogP contribution >= 0.6 is 0 Å². The zero-order valence-corrected chi connectivity index (χ0v) is 13.1. The normalized spacial score (nSPS) is 12.0. The van der Waals surface area contributed by atoms with Crippen LogP contribution in [-0.4, -0.2) is 24.9 Å². The third-order valence-electron chi connectivity index (χ3n) is 3.26. The van der Waals surface area contributed by atoms with Crippen molar-refractivity contribution in [3.63, 3.8) is 0 Å². The Morgan fingerprint density at radius 3 is 2.55 bits per heavy atom.